The molecule has 2 aromatic rings. The van der Waals surface area contributed by atoms with Gasteiger partial charge in [-0.15, -0.1) is 0 Å². The average Bonchev–Trinajstić information content (AvgIpc) is 2.49. The predicted molar refractivity (Wildman–Crippen MR) is 82.1 cm³/mol. The Morgan fingerprint density at radius 3 is 2.60 bits per heavy atom. The molecule has 0 fully saturated rings. The van der Waals surface area contributed by atoms with Crippen molar-refractivity contribution >= 4 is 11.6 Å². The van der Waals surface area contributed by atoms with Crippen LogP contribution in [0.2, 0.25) is 5.02 Å². The largest absolute Gasteiger partial charge is 0.489 e. The number of aromatic nitrogens is 1. The van der Waals surface area contributed by atoms with Crippen molar-refractivity contribution in [1.29, 1.82) is 0 Å². The highest BCUT2D eigenvalue weighted by molar-refractivity contribution is 6.31. The molecule has 0 saturated carbocycles. The van der Waals surface area contributed by atoms with E-state index in [-0.39, 0.29) is 0 Å². The molecule has 4 heteroatoms. The zero-order valence-electron chi connectivity index (χ0n) is 11.8. The number of rotatable bonds is 6. The van der Waals surface area contributed by atoms with Crippen molar-refractivity contribution in [1.82, 2.24) is 10.3 Å². The summed E-state index contributed by atoms with van der Waals surface area (Å²) in [7, 11) is 1.98. The molecule has 2 rings (SSSR count). The Hall–Kier alpha value is -1.58. The van der Waals surface area contributed by atoms with Crippen molar-refractivity contribution in [2.75, 3.05) is 7.05 Å². The van der Waals surface area contributed by atoms with Crippen LogP contribution in [-0.4, -0.2) is 12.0 Å². The Kier molecular flexibility index (Phi) is 5.39. The molecule has 106 valence electrons. The Morgan fingerprint density at radius 1 is 1.25 bits per heavy atom. The van der Waals surface area contributed by atoms with E-state index in [9.17, 15) is 0 Å². The van der Waals surface area contributed by atoms with E-state index in [4.69, 9.17) is 16.3 Å². The number of benzene rings is 1. The van der Waals surface area contributed by atoms with Crippen molar-refractivity contribution in [3.8, 4) is 5.75 Å². The minimum Gasteiger partial charge on any atom is -0.489 e. The summed E-state index contributed by atoms with van der Waals surface area (Å²) in [6.45, 7) is 2.61. The number of nitrogens with zero attached hydrogens (tertiary/aromatic N) is 1. The standard InChI is InChI=1S/C16H19ClN2O/c1-3-16(18-2)12-4-6-14(7-5-12)20-11-13-8-9-19-10-15(13)17/h4-10,16,18H,3,11H2,1-2H3. The third-order valence-electron chi connectivity index (χ3n) is 3.29. The molecule has 1 unspecified atom stereocenters. The highest BCUT2D eigenvalue weighted by atomic mass is 35.5. The van der Waals surface area contributed by atoms with E-state index < -0.39 is 0 Å². The summed E-state index contributed by atoms with van der Waals surface area (Å²) in [6, 6.07) is 10.4. The van der Waals surface area contributed by atoms with E-state index in [0.717, 1.165) is 17.7 Å². The van der Waals surface area contributed by atoms with Crippen LogP contribution in [0.3, 0.4) is 0 Å². The van der Waals surface area contributed by atoms with Crippen LogP contribution in [0.15, 0.2) is 42.7 Å². The van der Waals surface area contributed by atoms with E-state index >= 15 is 0 Å². The zero-order valence-corrected chi connectivity index (χ0v) is 12.5. The maximum atomic E-state index is 6.04. The van der Waals surface area contributed by atoms with Gasteiger partial charge in [0.2, 0.25) is 0 Å². The van der Waals surface area contributed by atoms with Crippen molar-refractivity contribution in [3.05, 3.63) is 58.9 Å². The molecule has 1 atom stereocenters. The summed E-state index contributed by atoms with van der Waals surface area (Å²) >= 11 is 6.04. The predicted octanol–water partition coefficient (Wildman–Crippen LogP) is 3.98. The van der Waals surface area contributed by atoms with E-state index in [1.165, 1.54) is 5.56 Å². The Labute approximate surface area is 124 Å². The van der Waals surface area contributed by atoms with E-state index in [2.05, 4.69) is 29.4 Å². The summed E-state index contributed by atoms with van der Waals surface area (Å²) in [5, 5.41) is 3.92. The molecule has 0 bridgehead atoms. The molecule has 0 amide bonds. The number of halogens is 1. The number of pyridine rings is 1. The molecule has 0 radical (unpaired) electrons. The van der Waals surface area contributed by atoms with Crippen LogP contribution >= 0.6 is 11.6 Å². The molecule has 1 N–H and O–H groups in total. The van der Waals surface area contributed by atoms with Crippen LogP contribution in [0.5, 0.6) is 5.75 Å². The maximum absolute atomic E-state index is 6.04. The van der Waals surface area contributed by atoms with Gasteiger partial charge in [-0.25, -0.2) is 0 Å². The van der Waals surface area contributed by atoms with Crippen molar-refractivity contribution in [3.63, 3.8) is 0 Å². The van der Waals surface area contributed by atoms with E-state index in [1.807, 2.05) is 25.2 Å². The summed E-state index contributed by atoms with van der Waals surface area (Å²) in [6.07, 6.45) is 4.40. The second kappa shape index (κ2) is 7.27. The van der Waals surface area contributed by atoms with Gasteiger partial charge in [0.15, 0.2) is 0 Å². The fourth-order valence-electron chi connectivity index (χ4n) is 2.08. The first-order valence-corrected chi connectivity index (χ1v) is 7.10. The molecule has 0 saturated heterocycles. The van der Waals surface area contributed by atoms with Crippen LogP contribution in [0.4, 0.5) is 0 Å². The van der Waals surface area contributed by atoms with Gasteiger partial charge in [0.05, 0.1) is 5.02 Å². The Morgan fingerprint density at radius 2 is 2.00 bits per heavy atom. The third kappa shape index (κ3) is 3.71. The number of hydrogen-bond donors (Lipinski definition) is 1. The minimum absolute atomic E-state index is 0.388. The third-order valence-corrected chi connectivity index (χ3v) is 3.63. The van der Waals surface area contributed by atoms with Crippen LogP contribution in [0, 0.1) is 0 Å². The van der Waals surface area contributed by atoms with E-state index in [0.29, 0.717) is 17.7 Å². The highest BCUT2D eigenvalue weighted by Crippen LogP contribution is 2.21. The van der Waals surface area contributed by atoms with Gasteiger partial charge in [0.25, 0.3) is 0 Å². The fraction of sp³-hybridized carbons (Fsp3) is 0.312. The molecule has 20 heavy (non-hydrogen) atoms. The number of ether oxygens (including phenoxy) is 1. The van der Waals surface area contributed by atoms with Crippen molar-refractivity contribution < 1.29 is 4.74 Å². The fourth-order valence-corrected chi connectivity index (χ4v) is 2.26. The molecule has 3 nitrogen and oxygen atoms in total. The molecule has 1 aromatic carbocycles. The molecule has 1 heterocycles. The highest BCUT2D eigenvalue weighted by Gasteiger charge is 2.06. The van der Waals surface area contributed by atoms with Gasteiger partial charge in [-0.05, 0) is 37.2 Å². The lowest BCUT2D eigenvalue weighted by Gasteiger charge is -2.15. The van der Waals surface area contributed by atoms with Gasteiger partial charge in [-0.3, -0.25) is 4.98 Å². The second-order valence-corrected chi connectivity index (χ2v) is 4.98. The molecule has 0 spiro atoms. The second-order valence-electron chi connectivity index (χ2n) is 4.57. The quantitative estimate of drug-likeness (QED) is 0.873. The minimum atomic E-state index is 0.388. The lowest BCUT2D eigenvalue weighted by molar-refractivity contribution is 0.306. The molecule has 0 aliphatic carbocycles. The van der Waals surface area contributed by atoms with Crippen LogP contribution < -0.4 is 10.1 Å². The van der Waals surface area contributed by atoms with Gasteiger partial charge >= 0.3 is 0 Å². The summed E-state index contributed by atoms with van der Waals surface area (Å²) < 4.78 is 5.74. The number of nitrogens with one attached hydrogen (secondary N) is 1. The first kappa shape index (κ1) is 14.8. The molecular formula is C16H19ClN2O. The van der Waals surface area contributed by atoms with Gasteiger partial charge in [0, 0.05) is 24.0 Å². The van der Waals surface area contributed by atoms with Crippen molar-refractivity contribution in [2.45, 2.75) is 26.0 Å². The Bertz CT molecular complexity index is 538. The maximum Gasteiger partial charge on any atom is 0.119 e. The normalized spacial score (nSPS) is 12.2. The monoisotopic (exact) mass is 290 g/mol. The molecule has 0 aliphatic heterocycles. The van der Waals surface area contributed by atoms with Crippen LogP contribution in [0.1, 0.15) is 30.5 Å². The lowest BCUT2D eigenvalue weighted by atomic mass is 10.0. The van der Waals surface area contributed by atoms with Gasteiger partial charge in [0.1, 0.15) is 12.4 Å². The summed E-state index contributed by atoms with van der Waals surface area (Å²) in [5.74, 6) is 0.840. The van der Waals surface area contributed by atoms with Gasteiger partial charge < -0.3 is 10.1 Å². The molecular weight excluding hydrogens is 272 g/mol. The first-order chi connectivity index (χ1) is 9.74. The first-order valence-electron chi connectivity index (χ1n) is 6.73. The molecule has 0 aliphatic rings. The topological polar surface area (TPSA) is 34.1 Å². The summed E-state index contributed by atoms with van der Waals surface area (Å²) in [4.78, 5) is 3.96. The Balaban J connectivity index is 1.99. The van der Waals surface area contributed by atoms with Crippen LogP contribution in [-0.2, 0) is 6.61 Å². The van der Waals surface area contributed by atoms with Gasteiger partial charge in [-0.1, -0.05) is 30.7 Å². The number of hydrogen-bond acceptors (Lipinski definition) is 3. The van der Waals surface area contributed by atoms with Gasteiger partial charge in [-0.2, -0.15) is 0 Å². The summed E-state index contributed by atoms with van der Waals surface area (Å²) in [5.41, 5.74) is 2.21. The van der Waals surface area contributed by atoms with Crippen LogP contribution in [0.25, 0.3) is 0 Å². The lowest BCUT2D eigenvalue weighted by Crippen LogP contribution is -2.14. The SMILES string of the molecule is CCC(NC)c1ccc(OCc2ccncc2Cl)cc1. The average molecular weight is 291 g/mol. The zero-order chi connectivity index (χ0) is 14.4. The van der Waals surface area contributed by atoms with E-state index in [1.54, 1.807) is 12.4 Å². The molecule has 1 aromatic heterocycles. The van der Waals surface area contributed by atoms with Crippen molar-refractivity contribution in [2.24, 2.45) is 0 Å². The smallest absolute Gasteiger partial charge is 0.119 e.